The number of nitrogens with zero attached hydrogens (tertiary/aromatic N) is 1. The van der Waals surface area contributed by atoms with Gasteiger partial charge in [-0.2, -0.15) is 8.42 Å². The Morgan fingerprint density at radius 2 is 2.29 bits per heavy atom. The van der Waals surface area contributed by atoms with Crippen LogP contribution in [0.4, 0.5) is 0 Å². The van der Waals surface area contributed by atoms with E-state index >= 15 is 0 Å². The molecule has 10 heteroatoms. The molecule has 0 aliphatic carbocycles. The Hall–Kier alpha value is -1.68. The number of carbonyl (C=O) groups excluding carboxylic acids is 3. The van der Waals surface area contributed by atoms with Gasteiger partial charge in [-0.15, -0.1) is 0 Å². The maximum atomic E-state index is 11.2. The number of rotatable bonds is 6. The summed E-state index contributed by atoms with van der Waals surface area (Å²) in [6.07, 6.45) is 0.315. The molecule has 1 atom stereocenters. The second-order valence-corrected chi connectivity index (χ2v) is 4.56. The van der Waals surface area contributed by atoms with E-state index in [9.17, 15) is 22.8 Å². The molecule has 0 aromatic carbocycles. The molecule has 0 spiro atoms. The minimum absolute atomic E-state index is 0.230. The second-order valence-electron chi connectivity index (χ2n) is 3.23. The number of hydrogen-bond donors (Lipinski definition) is 2. The van der Waals surface area contributed by atoms with Crippen molar-refractivity contribution < 1.29 is 32.1 Å². The van der Waals surface area contributed by atoms with Crippen molar-refractivity contribution in [2.45, 2.75) is 0 Å². The van der Waals surface area contributed by atoms with E-state index in [4.69, 9.17) is 4.55 Å². The minimum Gasteiger partial charge on any atom is -0.463 e. The van der Waals surface area contributed by atoms with Crippen molar-refractivity contribution in [2.75, 3.05) is 19.7 Å². The van der Waals surface area contributed by atoms with Gasteiger partial charge in [-0.1, -0.05) is 0 Å². The molecule has 0 radical (unpaired) electrons. The maximum Gasteiger partial charge on any atom is 0.362 e. The van der Waals surface area contributed by atoms with Gasteiger partial charge >= 0.3 is 16.3 Å². The van der Waals surface area contributed by atoms with Gasteiger partial charge in [-0.05, 0) is 0 Å². The van der Waals surface area contributed by atoms with E-state index in [0.29, 0.717) is 6.41 Å². The lowest BCUT2D eigenvalue weighted by Crippen LogP contribution is -2.56. The topological polar surface area (TPSA) is 130 Å². The maximum absolute atomic E-state index is 11.2. The standard InChI is InChI=1S/C7H10N2O7S/c10-4-8-1-6(11)16-3-5-2-9(7(5)12)17(13,14)15/h4-5H,1-3H2,(H,8,10)(H,13,14,15). The summed E-state index contributed by atoms with van der Waals surface area (Å²) in [6.45, 7) is -0.845. The molecular formula is C7H10N2O7S. The van der Waals surface area contributed by atoms with E-state index in [1.807, 2.05) is 0 Å². The smallest absolute Gasteiger partial charge is 0.362 e. The average Bonchev–Trinajstić information content (AvgIpc) is 2.22. The van der Waals surface area contributed by atoms with E-state index < -0.39 is 28.1 Å². The Kier molecular flexibility index (Phi) is 4.02. The number of ether oxygens (including phenoxy) is 1. The van der Waals surface area contributed by atoms with Crippen molar-refractivity contribution in [3.05, 3.63) is 0 Å². The zero-order valence-electron chi connectivity index (χ0n) is 8.53. The summed E-state index contributed by atoms with van der Waals surface area (Å²) >= 11 is 0. The SMILES string of the molecule is O=CNCC(=O)OCC1CN(S(=O)(=O)O)C1=O. The highest BCUT2D eigenvalue weighted by molar-refractivity contribution is 7.84. The molecule has 1 unspecified atom stereocenters. The van der Waals surface area contributed by atoms with Crippen LogP contribution in [0, 0.1) is 5.92 Å². The number of esters is 1. The van der Waals surface area contributed by atoms with Gasteiger partial charge in [0.15, 0.2) is 0 Å². The van der Waals surface area contributed by atoms with Crippen molar-refractivity contribution >= 4 is 28.6 Å². The minimum atomic E-state index is -4.52. The first-order chi connectivity index (χ1) is 7.86. The summed E-state index contributed by atoms with van der Waals surface area (Å²) < 4.78 is 34.5. The lowest BCUT2D eigenvalue weighted by Gasteiger charge is -2.34. The first-order valence-corrected chi connectivity index (χ1v) is 5.87. The quantitative estimate of drug-likeness (QED) is 0.236. The monoisotopic (exact) mass is 266 g/mol. The molecule has 2 amide bonds. The third kappa shape index (κ3) is 3.39. The number of hydrogen-bond acceptors (Lipinski definition) is 6. The first-order valence-electron chi connectivity index (χ1n) is 4.48. The van der Waals surface area contributed by atoms with Crippen LogP contribution in [0.2, 0.25) is 0 Å². The Morgan fingerprint density at radius 1 is 1.65 bits per heavy atom. The van der Waals surface area contributed by atoms with Crippen LogP contribution < -0.4 is 5.32 Å². The molecular weight excluding hydrogens is 256 g/mol. The Balaban J connectivity index is 2.31. The number of nitrogens with one attached hydrogen (secondary N) is 1. The predicted octanol–water partition coefficient (Wildman–Crippen LogP) is -2.46. The predicted molar refractivity (Wildman–Crippen MR) is 51.8 cm³/mol. The van der Waals surface area contributed by atoms with Crippen LogP contribution in [-0.4, -0.2) is 55.3 Å². The van der Waals surface area contributed by atoms with E-state index in [2.05, 4.69) is 10.1 Å². The Bertz CT molecular complexity index is 432. The molecule has 17 heavy (non-hydrogen) atoms. The summed E-state index contributed by atoms with van der Waals surface area (Å²) in [7, 11) is -4.52. The van der Waals surface area contributed by atoms with Gasteiger partial charge in [0.05, 0.1) is 12.5 Å². The normalized spacial score (nSPS) is 19.5. The summed E-state index contributed by atoms with van der Waals surface area (Å²) in [6, 6.07) is 0. The van der Waals surface area contributed by atoms with Crippen LogP contribution in [0.25, 0.3) is 0 Å². The summed E-state index contributed by atoms with van der Waals surface area (Å²) in [5, 5.41) is 2.07. The van der Waals surface area contributed by atoms with Crippen molar-refractivity contribution in [2.24, 2.45) is 5.92 Å². The van der Waals surface area contributed by atoms with Crippen LogP contribution in [0.1, 0.15) is 0 Å². The summed E-state index contributed by atoms with van der Waals surface area (Å²) in [5.74, 6) is -2.35. The molecule has 0 bridgehead atoms. The molecule has 1 heterocycles. The molecule has 1 rings (SSSR count). The fraction of sp³-hybridized carbons (Fsp3) is 0.571. The molecule has 0 aromatic rings. The lowest BCUT2D eigenvalue weighted by molar-refractivity contribution is -0.152. The zero-order valence-corrected chi connectivity index (χ0v) is 9.34. The van der Waals surface area contributed by atoms with Gasteiger partial charge in [-0.3, -0.25) is 18.9 Å². The van der Waals surface area contributed by atoms with Gasteiger partial charge in [0.1, 0.15) is 13.2 Å². The molecule has 0 aromatic heterocycles. The van der Waals surface area contributed by atoms with Gasteiger partial charge < -0.3 is 10.1 Å². The molecule has 1 aliphatic heterocycles. The number of carbonyl (C=O) groups is 3. The van der Waals surface area contributed by atoms with Crippen LogP contribution in [-0.2, 0) is 29.4 Å². The van der Waals surface area contributed by atoms with Crippen molar-refractivity contribution in [3.8, 4) is 0 Å². The lowest BCUT2D eigenvalue weighted by atomic mass is 10.0. The van der Waals surface area contributed by atoms with Crippen molar-refractivity contribution in [3.63, 3.8) is 0 Å². The molecule has 9 nitrogen and oxygen atoms in total. The van der Waals surface area contributed by atoms with Gasteiger partial charge in [-0.25, -0.2) is 4.31 Å². The first kappa shape index (κ1) is 13.4. The molecule has 1 saturated heterocycles. The van der Waals surface area contributed by atoms with Crippen LogP contribution in [0.3, 0.4) is 0 Å². The Labute approximate surface area is 96.6 Å². The third-order valence-electron chi connectivity index (χ3n) is 2.04. The molecule has 1 aliphatic rings. The molecule has 1 fully saturated rings. The zero-order chi connectivity index (χ0) is 13.1. The van der Waals surface area contributed by atoms with Crippen molar-refractivity contribution in [1.82, 2.24) is 9.62 Å². The third-order valence-corrected chi connectivity index (χ3v) is 2.92. The van der Waals surface area contributed by atoms with E-state index in [1.54, 1.807) is 0 Å². The van der Waals surface area contributed by atoms with Gasteiger partial charge in [0.25, 0.3) is 0 Å². The molecule has 96 valence electrons. The van der Waals surface area contributed by atoms with Gasteiger partial charge in [0, 0.05) is 0 Å². The highest BCUT2D eigenvalue weighted by atomic mass is 32.2. The number of β-lactam (4-membered cyclic amide) rings is 1. The highest BCUT2D eigenvalue weighted by Crippen LogP contribution is 2.20. The Morgan fingerprint density at radius 3 is 2.76 bits per heavy atom. The van der Waals surface area contributed by atoms with Gasteiger partial charge in [0.2, 0.25) is 12.3 Å². The largest absolute Gasteiger partial charge is 0.463 e. The van der Waals surface area contributed by atoms with E-state index in [0.717, 1.165) is 0 Å². The summed E-state index contributed by atoms with van der Waals surface area (Å²) in [4.78, 5) is 31.9. The fourth-order valence-corrected chi connectivity index (χ4v) is 1.91. The summed E-state index contributed by atoms with van der Waals surface area (Å²) in [5.41, 5.74) is 0. The van der Waals surface area contributed by atoms with E-state index in [1.165, 1.54) is 0 Å². The van der Waals surface area contributed by atoms with E-state index in [-0.39, 0.29) is 24.0 Å². The molecule has 0 saturated carbocycles. The highest BCUT2D eigenvalue weighted by Gasteiger charge is 2.44. The fourth-order valence-electron chi connectivity index (χ4n) is 1.16. The average molecular weight is 266 g/mol. The van der Waals surface area contributed by atoms with Crippen LogP contribution in [0.15, 0.2) is 0 Å². The van der Waals surface area contributed by atoms with Crippen molar-refractivity contribution in [1.29, 1.82) is 0 Å². The molecule has 2 N–H and O–H groups in total. The van der Waals surface area contributed by atoms with Crippen LogP contribution in [0.5, 0.6) is 0 Å². The van der Waals surface area contributed by atoms with Crippen LogP contribution >= 0.6 is 0 Å². The number of amides is 2. The second kappa shape index (κ2) is 5.10.